The molecule has 0 spiro atoms. The molecule has 0 rings (SSSR count). The van der Waals surface area contributed by atoms with Gasteiger partial charge in [-0.25, -0.2) is 13.2 Å². The van der Waals surface area contributed by atoms with Gasteiger partial charge in [0, 0.05) is 77.7 Å². The Hall–Kier alpha value is -2.13. The average Bonchev–Trinajstić information content (AvgIpc) is 2.60. The first-order chi connectivity index (χ1) is 15.0. The number of rotatable bonds is 1. The second-order valence-electron chi connectivity index (χ2n) is 5.99. The van der Waals surface area contributed by atoms with Crippen LogP contribution in [-0.2, 0) is 39.8 Å². The molecule has 15 heteroatoms. The number of ether oxygens (including phenoxy) is 1. The Kier molecular flexibility index (Phi) is 55.1. The zero-order valence-electron chi connectivity index (χ0n) is 22.8. The first kappa shape index (κ1) is 49.1. The summed E-state index contributed by atoms with van der Waals surface area (Å²) in [5.74, 6) is -0.324. The predicted molar refractivity (Wildman–Crippen MR) is 145 cm³/mol. The van der Waals surface area contributed by atoms with E-state index in [4.69, 9.17) is 0 Å². The maximum absolute atomic E-state index is 10.1. The van der Waals surface area contributed by atoms with E-state index < -0.39 is 20.6 Å². The Balaban J connectivity index is -0.0000000505. The van der Waals surface area contributed by atoms with Crippen LogP contribution in [0.15, 0.2) is 0 Å². The lowest BCUT2D eigenvalue weighted by atomic mass is 10.6. The normalized spacial score (nSPS) is 7.82. The van der Waals surface area contributed by atoms with Crippen molar-refractivity contribution in [1.82, 2.24) is 16.0 Å². The predicted octanol–water partition coefficient (Wildman–Crippen LogP) is 0.410. The van der Waals surface area contributed by atoms with Gasteiger partial charge in [-0.3, -0.25) is 18.6 Å². The Morgan fingerprint density at radius 2 is 1.00 bits per heavy atom. The van der Waals surface area contributed by atoms with Crippen molar-refractivity contribution in [2.75, 3.05) is 52.8 Å². The number of alkyl carbamates (subject to hydrolysis) is 1. The first-order valence-corrected chi connectivity index (χ1v) is 14.1. The quantitative estimate of drug-likeness (QED) is 0.332. The van der Waals surface area contributed by atoms with Crippen LogP contribution in [0.2, 0.25) is 0 Å². The van der Waals surface area contributed by atoms with Crippen molar-refractivity contribution in [1.29, 1.82) is 0 Å². The molecular formula is C19H46N4O8S3. The van der Waals surface area contributed by atoms with Crippen LogP contribution in [0.3, 0.4) is 0 Å². The molecule has 0 aromatic rings. The molecule has 5 N–H and O–H groups in total. The van der Waals surface area contributed by atoms with Crippen LogP contribution >= 0.6 is 12.2 Å². The highest BCUT2D eigenvalue weighted by Crippen LogP contribution is 1.70. The SMILES string of the molecule is CC(C)=S.CC(N)=O.CCOC(=O)NC.CNC(C)=O.CNC(C)=O.CS(C)(=O)=O.CS(C)=O. The van der Waals surface area contributed by atoms with E-state index in [1.165, 1.54) is 27.8 Å². The van der Waals surface area contributed by atoms with E-state index in [1.54, 1.807) is 33.5 Å². The molecule has 12 nitrogen and oxygen atoms in total. The number of nitrogens with one attached hydrogen (secondary N) is 3. The van der Waals surface area contributed by atoms with Crippen molar-refractivity contribution in [2.45, 2.75) is 41.5 Å². The zero-order chi connectivity index (χ0) is 29.5. The number of sulfone groups is 1. The highest BCUT2D eigenvalue weighted by molar-refractivity contribution is 7.89. The summed E-state index contributed by atoms with van der Waals surface area (Å²) in [5, 5.41) is 7.08. The molecule has 0 radical (unpaired) electrons. The van der Waals surface area contributed by atoms with Crippen molar-refractivity contribution in [3.8, 4) is 0 Å². The third kappa shape index (κ3) is 527. The van der Waals surface area contributed by atoms with Crippen molar-refractivity contribution in [3.05, 3.63) is 0 Å². The fourth-order valence-electron chi connectivity index (χ4n) is 0.203. The van der Waals surface area contributed by atoms with E-state index in [0.29, 0.717) is 6.61 Å². The van der Waals surface area contributed by atoms with Gasteiger partial charge in [-0.05, 0) is 25.6 Å². The number of thiocarbonyl (C=S) groups is 1. The fraction of sp³-hybridized carbons (Fsp3) is 0.737. The van der Waals surface area contributed by atoms with E-state index in [-0.39, 0.29) is 23.8 Å². The number of amides is 4. The van der Waals surface area contributed by atoms with Gasteiger partial charge in [0.15, 0.2) is 0 Å². The smallest absolute Gasteiger partial charge is 0.406 e. The van der Waals surface area contributed by atoms with Gasteiger partial charge in [0.1, 0.15) is 9.84 Å². The highest BCUT2D eigenvalue weighted by Gasteiger charge is 1.89. The van der Waals surface area contributed by atoms with Crippen LogP contribution in [0, 0.1) is 0 Å². The van der Waals surface area contributed by atoms with E-state index >= 15 is 0 Å². The Bertz CT molecular complexity index is 593. The molecule has 4 amide bonds. The number of nitrogens with two attached hydrogens (primary N) is 1. The Morgan fingerprint density at radius 1 is 0.853 bits per heavy atom. The van der Waals surface area contributed by atoms with Gasteiger partial charge in [-0.1, -0.05) is 12.2 Å². The molecular weight excluding hydrogens is 508 g/mol. The summed E-state index contributed by atoms with van der Waals surface area (Å²) < 4.78 is 33.3. The number of carbonyl (C=O) groups excluding carboxylic acids is 4. The molecule has 0 heterocycles. The lowest BCUT2D eigenvalue weighted by molar-refractivity contribution is -0.119. The zero-order valence-corrected chi connectivity index (χ0v) is 25.2. The van der Waals surface area contributed by atoms with Gasteiger partial charge in [0.2, 0.25) is 17.7 Å². The molecule has 0 aromatic carbocycles. The molecule has 0 aliphatic carbocycles. The van der Waals surface area contributed by atoms with Crippen molar-refractivity contribution in [2.24, 2.45) is 5.73 Å². The molecule has 0 saturated heterocycles. The van der Waals surface area contributed by atoms with Crippen LogP contribution < -0.4 is 21.7 Å². The summed E-state index contributed by atoms with van der Waals surface area (Å²) in [7, 11) is 1.45. The summed E-state index contributed by atoms with van der Waals surface area (Å²) >= 11 is 4.54. The molecule has 0 fully saturated rings. The Labute approximate surface area is 213 Å². The molecule has 208 valence electrons. The van der Waals surface area contributed by atoms with Crippen LogP contribution in [0.5, 0.6) is 0 Å². The first-order valence-electron chi connectivity index (χ1n) is 9.39. The standard InChI is InChI=1S/C4H9NO2.2C3H7NO.C3H6S.C2H5NO.C2H6O2S.C2H6OS/c1-3-7-4(6)5-2;2*1-3(5)4-2;1-3(2)4;1-2(3)4;1-5(2,3)4;1-4(2)3/h3H2,1-2H3,(H,5,6);2*1-2H3,(H,4,5);1-2H3;1H3,(H2,3,4);1-2H3;1-2H3. The number of hydrogen-bond acceptors (Lipinski definition) is 9. The Morgan fingerprint density at radius 3 is 1.03 bits per heavy atom. The second-order valence-corrected chi connectivity index (χ2v) is 10.6. The summed E-state index contributed by atoms with van der Waals surface area (Å²) in [5.41, 5.74) is 4.47. The minimum absolute atomic E-state index is 0.00463. The lowest BCUT2D eigenvalue weighted by Gasteiger charge is -1.95. The van der Waals surface area contributed by atoms with E-state index in [1.807, 2.05) is 13.8 Å². The maximum atomic E-state index is 10.1. The molecule has 0 bridgehead atoms. The second kappa shape index (κ2) is 38.1. The van der Waals surface area contributed by atoms with Gasteiger partial charge >= 0.3 is 6.09 Å². The topological polar surface area (TPSA) is 191 Å². The molecule has 34 heavy (non-hydrogen) atoms. The molecule has 0 unspecified atom stereocenters. The fourth-order valence-corrected chi connectivity index (χ4v) is 0.203. The van der Waals surface area contributed by atoms with E-state index in [9.17, 15) is 31.8 Å². The highest BCUT2D eigenvalue weighted by atomic mass is 32.2. The summed E-state index contributed by atoms with van der Waals surface area (Å²) in [6, 6.07) is 0. The van der Waals surface area contributed by atoms with E-state index in [0.717, 1.165) is 17.4 Å². The van der Waals surface area contributed by atoms with Crippen LogP contribution in [0.1, 0.15) is 41.5 Å². The minimum Gasteiger partial charge on any atom is -0.450 e. The van der Waals surface area contributed by atoms with E-state index in [2.05, 4.69) is 38.6 Å². The lowest BCUT2D eigenvalue weighted by Crippen LogP contribution is -2.18. The van der Waals surface area contributed by atoms with Crippen molar-refractivity contribution < 1.29 is 36.5 Å². The molecule has 0 aliphatic rings. The summed E-state index contributed by atoms with van der Waals surface area (Å²) in [4.78, 5) is 39.7. The molecule has 0 aliphatic heterocycles. The van der Waals surface area contributed by atoms with Gasteiger partial charge in [-0.15, -0.1) is 0 Å². The monoisotopic (exact) mass is 554 g/mol. The van der Waals surface area contributed by atoms with Gasteiger partial charge in [0.25, 0.3) is 0 Å². The number of hydrogen-bond donors (Lipinski definition) is 4. The minimum atomic E-state index is -2.67. The maximum Gasteiger partial charge on any atom is 0.406 e. The largest absolute Gasteiger partial charge is 0.450 e. The van der Waals surface area contributed by atoms with Gasteiger partial charge < -0.3 is 26.4 Å². The van der Waals surface area contributed by atoms with Gasteiger partial charge in [-0.2, -0.15) is 0 Å². The third-order valence-corrected chi connectivity index (χ3v) is 1.18. The third-order valence-electron chi connectivity index (χ3n) is 1.18. The van der Waals surface area contributed by atoms with Gasteiger partial charge in [0.05, 0.1) is 6.61 Å². The summed E-state index contributed by atoms with van der Waals surface area (Å²) in [6.45, 7) is 10.2. The summed E-state index contributed by atoms with van der Waals surface area (Å²) in [6.07, 6.45) is 5.22. The average molecular weight is 555 g/mol. The molecule has 0 saturated carbocycles. The van der Waals surface area contributed by atoms with Crippen LogP contribution in [0.25, 0.3) is 0 Å². The van der Waals surface area contributed by atoms with Crippen molar-refractivity contribution in [3.63, 3.8) is 0 Å². The molecule has 0 atom stereocenters. The number of primary amides is 1. The number of carbonyl (C=O) groups is 4. The van der Waals surface area contributed by atoms with Crippen LogP contribution in [-0.4, -0.2) is 94.1 Å². The van der Waals surface area contributed by atoms with Crippen molar-refractivity contribution >= 4 is 61.5 Å². The molecule has 0 aromatic heterocycles. The van der Waals surface area contributed by atoms with Crippen LogP contribution in [0.4, 0.5) is 4.79 Å².